The van der Waals surface area contributed by atoms with Crippen LogP contribution in [0.2, 0.25) is 0 Å². The van der Waals surface area contributed by atoms with Crippen LogP contribution in [0.15, 0.2) is 162 Å². The van der Waals surface area contributed by atoms with Crippen LogP contribution in [0, 0.1) is 0 Å². The lowest BCUT2D eigenvalue weighted by molar-refractivity contribution is 0.673. The van der Waals surface area contributed by atoms with Crippen molar-refractivity contribution in [1.82, 2.24) is 19.5 Å². The van der Waals surface area contributed by atoms with Gasteiger partial charge in [-0.2, -0.15) is 0 Å². The molecule has 0 spiro atoms. The second-order valence-corrected chi connectivity index (χ2v) is 12.0. The van der Waals surface area contributed by atoms with Crippen LogP contribution in [0.1, 0.15) is 0 Å². The van der Waals surface area contributed by atoms with E-state index in [-0.39, 0.29) is 0 Å². The lowest BCUT2D eigenvalue weighted by Gasteiger charge is -2.14. The number of hydrogen-bond acceptors (Lipinski definition) is 4. The molecular weight excluding hydrogens is 589 g/mol. The number of aromatic nitrogens is 4. The summed E-state index contributed by atoms with van der Waals surface area (Å²) in [5.41, 5.74) is 7.77. The van der Waals surface area contributed by atoms with E-state index in [1.807, 2.05) is 78.9 Å². The van der Waals surface area contributed by atoms with Crippen LogP contribution < -0.4 is 0 Å². The number of hydrogen-bond donors (Lipinski definition) is 0. The van der Waals surface area contributed by atoms with Crippen LogP contribution in [0.25, 0.3) is 94.4 Å². The summed E-state index contributed by atoms with van der Waals surface area (Å²) in [4.78, 5) is 15.1. The number of rotatable bonds is 4. The predicted molar refractivity (Wildman–Crippen MR) is 195 cm³/mol. The second-order valence-electron chi connectivity index (χ2n) is 12.0. The minimum absolute atomic E-state index is 0.615. The maximum atomic E-state index is 6.60. The fraction of sp³-hybridized carbons (Fsp3) is 0. The fourth-order valence-electron chi connectivity index (χ4n) is 7.10. The Morgan fingerprint density at radius 2 is 1.02 bits per heavy atom. The Labute approximate surface area is 275 Å². The van der Waals surface area contributed by atoms with E-state index in [0.717, 1.165) is 76.9 Å². The Hall–Kier alpha value is -6.59. The van der Waals surface area contributed by atoms with Crippen LogP contribution >= 0.6 is 0 Å². The molecule has 0 saturated heterocycles. The van der Waals surface area contributed by atoms with Crippen molar-refractivity contribution in [2.75, 3.05) is 0 Å². The average molecular weight is 615 g/mol. The van der Waals surface area contributed by atoms with Crippen LogP contribution in [0.5, 0.6) is 0 Å². The number of furan rings is 1. The molecule has 10 aromatic rings. The molecule has 0 aliphatic heterocycles. The minimum atomic E-state index is 0.615. The molecule has 5 nitrogen and oxygen atoms in total. The highest BCUT2D eigenvalue weighted by atomic mass is 16.3. The third kappa shape index (κ3) is 4.01. The molecule has 0 radical (unpaired) electrons. The normalized spacial score (nSPS) is 11.8. The fourth-order valence-corrected chi connectivity index (χ4v) is 7.10. The molecule has 0 aliphatic rings. The molecule has 0 amide bonds. The van der Waals surface area contributed by atoms with Gasteiger partial charge in [-0.3, -0.25) is 0 Å². The maximum absolute atomic E-state index is 6.60. The summed E-state index contributed by atoms with van der Waals surface area (Å²) in [6, 6.07) is 54.3. The molecule has 224 valence electrons. The summed E-state index contributed by atoms with van der Waals surface area (Å²) in [5, 5.41) is 6.82. The van der Waals surface area contributed by atoms with E-state index >= 15 is 0 Å². The molecule has 7 aromatic carbocycles. The number of benzene rings is 7. The first-order valence-corrected chi connectivity index (χ1v) is 16.0. The maximum Gasteiger partial charge on any atom is 0.166 e. The summed E-state index contributed by atoms with van der Waals surface area (Å²) in [6.45, 7) is 0. The zero-order valence-electron chi connectivity index (χ0n) is 25.7. The van der Waals surface area contributed by atoms with Crippen molar-refractivity contribution in [3.05, 3.63) is 158 Å². The molecule has 3 aromatic heterocycles. The van der Waals surface area contributed by atoms with E-state index in [1.54, 1.807) is 0 Å². The monoisotopic (exact) mass is 614 g/mol. The molecule has 0 saturated carbocycles. The van der Waals surface area contributed by atoms with Crippen LogP contribution in [-0.2, 0) is 0 Å². The molecule has 48 heavy (non-hydrogen) atoms. The van der Waals surface area contributed by atoms with Crippen molar-refractivity contribution in [2.45, 2.75) is 0 Å². The summed E-state index contributed by atoms with van der Waals surface area (Å²) in [5.74, 6) is 1.88. The molecule has 0 aliphatic carbocycles. The molecule has 0 fully saturated rings. The minimum Gasteiger partial charge on any atom is -0.455 e. The van der Waals surface area contributed by atoms with Gasteiger partial charge in [0.2, 0.25) is 0 Å². The van der Waals surface area contributed by atoms with E-state index in [1.165, 1.54) is 0 Å². The summed E-state index contributed by atoms with van der Waals surface area (Å²) in [7, 11) is 0. The SMILES string of the molecule is c1ccc(-c2nc(-c3ccccc3)nc(-c3ccccc3-n3c4ccccc4c4c5c(ccc6c7ccccc7oc65)ccc43)n2)cc1. The Bertz CT molecular complexity index is 2780. The second kappa shape index (κ2) is 10.5. The van der Waals surface area contributed by atoms with Crippen molar-refractivity contribution >= 4 is 54.5 Å². The molecular formula is C43H26N4O. The Morgan fingerprint density at radius 3 is 1.79 bits per heavy atom. The Balaban J connectivity index is 1.29. The van der Waals surface area contributed by atoms with Crippen LogP contribution in [-0.4, -0.2) is 19.5 Å². The predicted octanol–water partition coefficient (Wildman–Crippen LogP) is 11.0. The largest absolute Gasteiger partial charge is 0.455 e. The number of para-hydroxylation sites is 3. The quantitative estimate of drug-likeness (QED) is 0.198. The molecule has 3 heterocycles. The summed E-state index contributed by atoms with van der Waals surface area (Å²) >= 11 is 0. The van der Waals surface area contributed by atoms with E-state index in [0.29, 0.717) is 17.5 Å². The average Bonchev–Trinajstić information content (AvgIpc) is 3.71. The van der Waals surface area contributed by atoms with Gasteiger partial charge in [0, 0.05) is 43.6 Å². The van der Waals surface area contributed by atoms with Gasteiger partial charge in [0.15, 0.2) is 17.5 Å². The van der Waals surface area contributed by atoms with Gasteiger partial charge < -0.3 is 8.98 Å². The topological polar surface area (TPSA) is 56.7 Å². The highest BCUT2D eigenvalue weighted by molar-refractivity contribution is 6.29. The van der Waals surface area contributed by atoms with Gasteiger partial charge in [-0.25, -0.2) is 15.0 Å². The summed E-state index contributed by atoms with van der Waals surface area (Å²) < 4.78 is 8.95. The molecule has 0 unspecified atom stereocenters. The number of nitrogens with zero attached hydrogens (tertiary/aromatic N) is 4. The van der Waals surface area contributed by atoms with Gasteiger partial charge >= 0.3 is 0 Å². The van der Waals surface area contributed by atoms with Gasteiger partial charge in [0.1, 0.15) is 11.2 Å². The first-order chi connectivity index (χ1) is 23.8. The standard InChI is InChI=1S/C43H26N4O/c1-3-13-28(14-4-1)41-44-42(29-15-5-2-6-16-29)46-43(45-41)33-19-8-11-21-35(33)47-34-20-10-7-18-32(34)39-36(47)26-24-27-23-25-31-30-17-9-12-22-37(30)48-40(31)38(27)39/h1-26H. The van der Waals surface area contributed by atoms with Crippen LogP contribution in [0.4, 0.5) is 0 Å². The van der Waals surface area contributed by atoms with Crippen molar-refractivity contribution in [3.63, 3.8) is 0 Å². The lowest BCUT2D eigenvalue weighted by atomic mass is 10.0. The van der Waals surface area contributed by atoms with E-state index in [9.17, 15) is 0 Å². The van der Waals surface area contributed by atoms with E-state index in [4.69, 9.17) is 19.4 Å². The highest BCUT2D eigenvalue weighted by Crippen LogP contribution is 2.43. The zero-order chi connectivity index (χ0) is 31.6. The van der Waals surface area contributed by atoms with Gasteiger partial charge in [-0.15, -0.1) is 0 Å². The van der Waals surface area contributed by atoms with E-state index in [2.05, 4.69) is 83.4 Å². The molecule has 10 rings (SSSR count). The first-order valence-electron chi connectivity index (χ1n) is 16.0. The Morgan fingerprint density at radius 1 is 0.417 bits per heavy atom. The Kier molecular flexibility index (Phi) is 5.81. The van der Waals surface area contributed by atoms with E-state index < -0.39 is 0 Å². The molecule has 0 atom stereocenters. The van der Waals surface area contributed by atoms with Crippen LogP contribution in [0.3, 0.4) is 0 Å². The van der Waals surface area contributed by atoms with Gasteiger partial charge in [0.05, 0.1) is 16.7 Å². The van der Waals surface area contributed by atoms with Crippen molar-refractivity contribution in [3.8, 4) is 39.9 Å². The van der Waals surface area contributed by atoms with Crippen molar-refractivity contribution in [1.29, 1.82) is 0 Å². The van der Waals surface area contributed by atoms with Crippen molar-refractivity contribution < 1.29 is 4.42 Å². The van der Waals surface area contributed by atoms with Gasteiger partial charge in [0.25, 0.3) is 0 Å². The molecule has 0 N–H and O–H groups in total. The molecule has 0 bridgehead atoms. The zero-order valence-corrected chi connectivity index (χ0v) is 25.7. The van der Waals surface area contributed by atoms with Gasteiger partial charge in [-0.1, -0.05) is 121 Å². The van der Waals surface area contributed by atoms with Gasteiger partial charge in [-0.05, 0) is 41.8 Å². The summed E-state index contributed by atoms with van der Waals surface area (Å²) in [6.07, 6.45) is 0. The smallest absolute Gasteiger partial charge is 0.166 e. The number of fused-ring (bicyclic) bond motifs is 9. The third-order valence-electron chi connectivity index (χ3n) is 9.25. The third-order valence-corrected chi connectivity index (χ3v) is 9.25. The highest BCUT2D eigenvalue weighted by Gasteiger charge is 2.22. The molecule has 5 heteroatoms. The van der Waals surface area contributed by atoms with Crippen molar-refractivity contribution in [2.24, 2.45) is 0 Å². The lowest BCUT2D eigenvalue weighted by Crippen LogP contribution is -2.03. The first kappa shape index (κ1) is 26.6.